The molecule has 0 aliphatic carbocycles. The fourth-order valence-electron chi connectivity index (χ4n) is 1.91. The van der Waals surface area contributed by atoms with E-state index >= 15 is 0 Å². The van der Waals surface area contributed by atoms with Crippen molar-refractivity contribution in [3.63, 3.8) is 0 Å². The zero-order valence-electron chi connectivity index (χ0n) is 8.62. The molecule has 1 saturated heterocycles. The van der Waals surface area contributed by atoms with Gasteiger partial charge >= 0.3 is 0 Å². The first-order valence-corrected chi connectivity index (χ1v) is 4.83. The first kappa shape index (κ1) is 9.96. The highest BCUT2D eigenvalue weighted by molar-refractivity contribution is 5.21. The van der Waals surface area contributed by atoms with Crippen LogP contribution in [-0.2, 0) is 0 Å². The van der Waals surface area contributed by atoms with Crippen LogP contribution in [-0.4, -0.2) is 24.9 Å². The molecule has 0 radical (unpaired) electrons. The van der Waals surface area contributed by atoms with Gasteiger partial charge in [0.05, 0.1) is 5.66 Å². The van der Waals surface area contributed by atoms with Gasteiger partial charge in [0.2, 0.25) is 0 Å². The van der Waals surface area contributed by atoms with Crippen LogP contribution in [0.2, 0.25) is 0 Å². The van der Waals surface area contributed by atoms with Gasteiger partial charge in [0.25, 0.3) is 0 Å². The maximum atomic E-state index is 3.54. The van der Waals surface area contributed by atoms with Crippen molar-refractivity contribution in [3.05, 3.63) is 0 Å². The molecular weight excluding hydrogens is 150 g/mol. The lowest BCUT2D eigenvalue weighted by molar-refractivity contribution is 0.402. The van der Waals surface area contributed by atoms with Crippen LogP contribution in [0.25, 0.3) is 0 Å². The van der Waals surface area contributed by atoms with E-state index in [1.807, 2.05) is 7.05 Å². The summed E-state index contributed by atoms with van der Waals surface area (Å²) < 4.78 is 0. The maximum absolute atomic E-state index is 3.54. The van der Waals surface area contributed by atoms with Crippen molar-refractivity contribution < 1.29 is 0 Å². The third-order valence-corrected chi connectivity index (χ3v) is 3.17. The maximum Gasteiger partial charge on any atom is 0.0884 e. The second-order valence-corrected chi connectivity index (χ2v) is 3.78. The Bertz CT molecular complexity index is 160. The van der Waals surface area contributed by atoms with E-state index in [9.17, 15) is 0 Å². The van der Waals surface area contributed by atoms with Crippen molar-refractivity contribution in [1.82, 2.24) is 16.0 Å². The van der Waals surface area contributed by atoms with Gasteiger partial charge < -0.3 is 5.32 Å². The quantitative estimate of drug-likeness (QED) is 0.420. The summed E-state index contributed by atoms with van der Waals surface area (Å²) in [5, 5.41) is 10.1. The van der Waals surface area contributed by atoms with Gasteiger partial charge in [-0.25, -0.2) is 0 Å². The Hall–Kier alpha value is -0.120. The average Bonchev–Trinajstić information content (AvgIpc) is 2.70. The molecule has 0 saturated carbocycles. The highest BCUT2D eigenvalue weighted by atomic mass is 15.4. The van der Waals surface area contributed by atoms with Gasteiger partial charge in [-0.3, -0.25) is 10.6 Å². The number of hydrogen-bond acceptors (Lipinski definition) is 3. The Kier molecular flexibility index (Phi) is 2.76. The normalized spacial score (nSPS) is 40.0. The number of nitrogens with one attached hydrogen (secondary N) is 3. The van der Waals surface area contributed by atoms with E-state index in [1.165, 1.54) is 6.42 Å². The number of hydrogen-bond donors (Lipinski definition) is 3. The first-order valence-electron chi connectivity index (χ1n) is 4.83. The van der Waals surface area contributed by atoms with Crippen LogP contribution in [0.15, 0.2) is 0 Å². The molecule has 3 nitrogen and oxygen atoms in total. The molecule has 2 unspecified atom stereocenters. The molecule has 0 amide bonds. The molecule has 2 atom stereocenters. The molecule has 1 aliphatic heterocycles. The van der Waals surface area contributed by atoms with Gasteiger partial charge in [-0.15, -0.1) is 0 Å². The molecule has 1 rings (SSSR count). The lowest BCUT2D eigenvalue weighted by Crippen LogP contribution is -2.43. The predicted octanol–water partition coefficient (Wildman–Crippen LogP) is 0.631. The first-order chi connectivity index (χ1) is 5.64. The van der Waals surface area contributed by atoms with Crippen molar-refractivity contribution in [2.75, 3.05) is 13.7 Å². The van der Waals surface area contributed by atoms with Crippen LogP contribution in [0.1, 0.15) is 33.6 Å². The summed E-state index contributed by atoms with van der Waals surface area (Å²) in [6, 6.07) is 0. The molecule has 0 aromatic heterocycles. The molecule has 3 heteroatoms. The minimum Gasteiger partial charge on any atom is -0.308 e. The Morgan fingerprint density at radius 2 is 1.92 bits per heavy atom. The van der Waals surface area contributed by atoms with E-state index in [0.29, 0.717) is 5.54 Å². The summed E-state index contributed by atoms with van der Waals surface area (Å²) in [7, 11) is 1.96. The van der Waals surface area contributed by atoms with Crippen molar-refractivity contribution in [2.45, 2.75) is 44.8 Å². The summed E-state index contributed by atoms with van der Waals surface area (Å²) in [5.74, 6) is 0. The molecule has 0 spiro atoms. The van der Waals surface area contributed by atoms with Crippen molar-refractivity contribution in [3.8, 4) is 0 Å². The summed E-state index contributed by atoms with van der Waals surface area (Å²) in [6.45, 7) is 7.59. The van der Waals surface area contributed by atoms with E-state index in [-0.39, 0.29) is 5.66 Å². The largest absolute Gasteiger partial charge is 0.308 e. The van der Waals surface area contributed by atoms with Crippen LogP contribution >= 0.6 is 0 Å². The van der Waals surface area contributed by atoms with Gasteiger partial charge in [0, 0.05) is 12.2 Å². The second kappa shape index (κ2) is 3.32. The smallest absolute Gasteiger partial charge is 0.0884 e. The lowest BCUT2D eigenvalue weighted by Gasteiger charge is -2.18. The molecular formula is C9H21N3. The van der Waals surface area contributed by atoms with Crippen LogP contribution in [0.5, 0.6) is 0 Å². The van der Waals surface area contributed by atoms with Gasteiger partial charge in [-0.05, 0) is 26.8 Å². The molecule has 72 valence electrons. The zero-order chi connectivity index (χ0) is 9.24. The molecule has 0 aromatic rings. The van der Waals surface area contributed by atoms with Crippen molar-refractivity contribution >= 4 is 0 Å². The fourth-order valence-corrected chi connectivity index (χ4v) is 1.91. The second-order valence-electron chi connectivity index (χ2n) is 3.78. The molecule has 1 aliphatic rings. The average molecular weight is 171 g/mol. The van der Waals surface area contributed by atoms with Crippen molar-refractivity contribution in [2.24, 2.45) is 0 Å². The van der Waals surface area contributed by atoms with Gasteiger partial charge in [0.1, 0.15) is 0 Å². The van der Waals surface area contributed by atoms with Gasteiger partial charge in [-0.1, -0.05) is 13.8 Å². The van der Waals surface area contributed by atoms with Gasteiger partial charge in [0.15, 0.2) is 0 Å². The minimum absolute atomic E-state index is 0.185. The summed E-state index contributed by atoms with van der Waals surface area (Å²) >= 11 is 0. The predicted molar refractivity (Wildman–Crippen MR) is 51.9 cm³/mol. The zero-order valence-corrected chi connectivity index (χ0v) is 8.62. The Morgan fingerprint density at radius 1 is 1.25 bits per heavy atom. The Balaban J connectivity index is 2.46. The topological polar surface area (TPSA) is 46.0 Å². The van der Waals surface area contributed by atoms with Crippen LogP contribution < -0.4 is 16.0 Å². The van der Waals surface area contributed by atoms with Crippen LogP contribution in [0.4, 0.5) is 0 Å². The SMILES string of the molecule is CCC1(C)NC1(CC)NCNC. The van der Waals surface area contributed by atoms with Crippen molar-refractivity contribution in [1.29, 1.82) is 0 Å². The van der Waals surface area contributed by atoms with Gasteiger partial charge in [-0.2, -0.15) is 0 Å². The molecule has 0 aromatic carbocycles. The standard InChI is InChI=1S/C9H21N3/c1-5-8(3)9(6-2,12-8)11-7-10-4/h10-12H,5-7H2,1-4H3. The molecule has 0 bridgehead atoms. The molecule has 1 heterocycles. The van der Waals surface area contributed by atoms with Crippen LogP contribution in [0.3, 0.4) is 0 Å². The third kappa shape index (κ3) is 1.37. The summed E-state index contributed by atoms with van der Waals surface area (Å²) in [4.78, 5) is 0. The summed E-state index contributed by atoms with van der Waals surface area (Å²) in [5.41, 5.74) is 0.489. The Labute approximate surface area is 75.3 Å². The van der Waals surface area contributed by atoms with E-state index in [1.54, 1.807) is 0 Å². The summed E-state index contributed by atoms with van der Waals surface area (Å²) in [6.07, 6.45) is 2.32. The van der Waals surface area contributed by atoms with E-state index in [0.717, 1.165) is 13.1 Å². The minimum atomic E-state index is 0.185. The third-order valence-electron chi connectivity index (χ3n) is 3.17. The molecule has 12 heavy (non-hydrogen) atoms. The van der Waals surface area contributed by atoms with Crippen LogP contribution in [0, 0.1) is 0 Å². The van der Waals surface area contributed by atoms with E-state index < -0.39 is 0 Å². The molecule has 3 N–H and O–H groups in total. The Morgan fingerprint density at radius 3 is 2.25 bits per heavy atom. The highest BCUT2D eigenvalue weighted by Crippen LogP contribution is 2.40. The van der Waals surface area contributed by atoms with E-state index in [2.05, 4.69) is 36.7 Å². The lowest BCUT2D eigenvalue weighted by atomic mass is 9.97. The monoisotopic (exact) mass is 171 g/mol. The number of rotatable bonds is 5. The van der Waals surface area contributed by atoms with E-state index in [4.69, 9.17) is 0 Å². The molecule has 1 fully saturated rings. The fraction of sp³-hybridized carbons (Fsp3) is 1.00. The highest BCUT2D eigenvalue weighted by Gasteiger charge is 2.60.